The second kappa shape index (κ2) is 8.13. The molecule has 0 fully saturated rings. The Labute approximate surface area is 153 Å². The molecule has 0 bridgehead atoms. The lowest BCUT2D eigenvalue weighted by molar-refractivity contribution is 0.0955. The first kappa shape index (κ1) is 18.1. The van der Waals surface area contributed by atoms with Crippen molar-refractivity contribution in [3.05, 3.63) is 71.0 Å². The van der Waals surface area contributed by atoms with Crippen LogP contribution >= 0.6 is 0 Å². The number of hydrogen-bond acceptors (Lipinski definition) is 3. The normalized spacial score (nSPS) is 16.9. The smallest absolute Gasteiger partial charge is 0.292 e. The third-order valence-electron chi connectivity index (χ3n) is 4.30. The van der Waals surface area contributed by atoms with Crippen molar-refractivity contribution < 1.29 is 13.9 Å². The number of amidine groups is 1. The Kier molecular flexibility index (Phi) is 5.66. The van der Waals surface area contributed by atoms with E-state index in [2.05, 4.69) is 22.4 Å². The molecular formula is C21H23FN2O2. The summed E-state index contributed by atoms with van der Waals surface area (Å²) >= 11 is 0. The van der Waals surface area contributed by atoms with Crippen molar-refractivity contribution in [3.8, 4) is 0 Å². The highest BCUT2D eigenvalue weighted by molar-refractivity contribution is 6.04. The van der Waals surface area contributed by atoms with Crippen LogP contribution in [0, 0.1) is 5.82 Å². The number of nitrogens with one attached hydrogen (secondary N) is 1. The summed E-state index contributed by atoms with van der Waals surface area (Å²) in [4.78, 5) is 17.1. The summed E-state index contributed by atoms with van der Waals surface area (Å²) in [5, 5.41) is 2.63. The second-order valence-corrected chi connectivity index (χ2v) is 6.64. The Hall–Kier alpha value is -2.69. The van der Waals surface area contributed by atoms with Gasteiger partial charge in [-0.2, -0.15) is 0 Å². The minimum absolute atomic E-state index is 0.0309. The number of rotatable bonds is 3. The van der Waals surface area contributed by atoms with Crippen LogP contribution in [0.4, 0.5) is 4.39 Å². The number of ether oxygens (including phenoxy) is 1. The highest BCUT2D eigenvalue weighted by Crippen LogP contribution is 2.32. The zero-order chi connectivity index (χ0) is 18.5. The molecule has 0 aliphatic heterocycles. The Morgan fingerprint density at radius 3 is 2.69 bits per heavy atom. The Balaban J connectivity index is 1.86. The van der Waals surface area contributed by atoms with Gasteiger partial charge in [0.25, 0.3) is 11.9 Å². The number of hydrogen-bond donors (Lipinski definition) is 1. The largest absolute Gasteiger partial charge is 0.462 e. The zero-order valence-electron chi connectivity index (χ0n) is 15.0. The van der Waals surface area contributed by atoms with Gasteiger partial charge in [-0.05, 0) is 56.4 Å². The van der Waals surface area contributed by atoms with Gasteiger partial charge in [-0.3, -0.25) is 10.1 Å². The topological polar surface area (TPSA) is 50.7 Å². The van der Waals surface area contributed by atoms with Gasteiger partial charge in [-0.1, -0.05) is 36.4 Å². The van der Waals surface area contributed by atoms with E-state index in [1.165, 1.54) is 17.7 Å². The molecule has 1 N–H and O–H groups in total. The Morgan fingerprint density at radius 1 is 1.19 bits per heavy atom. The van der Waals surface area contributed by atoms with Crippen LogP contribution in [0.3, 0.4) is 0 Å². The first-order chi connectivity index (χ1) is 12.5. The van der Waals surface area contributed by atoms with Gasteiger partial charge in [-0.15, -0.1) is 0 Å². The number of benzene rings is 2. The minimum Gasteiger partial charge on any atom is -0.462 e. The summed E-state index contributed by atoms with van der Waals surface area (Å²) in [5.74, 6) is -1.14. The van der Waals surface area contributed by atoms with E-state index in [4.69, 9.17) is 4.74 Å². The molecule has 0 radical (unpaired) electrons. The average molecular weight is 354 g/mol. The molecule has 2 aromatic carbocycles. The van der Waals surface area contributed by atoms with Crippen LogP contribution in [-0.4, -0.2) is 18.0 Å². The van der Waals surface area contributed by atoms with Crippen LogP contribution in [0.25, 0.3) is 0 Å². The number of nitrogens with zero attached hydrogens (tertiary/aromatic N) is 1. The fraction of sp³-hybridized carbons (Fsp3) is 0.333. The molecule has 0 aromatic heterocycles. The highest BCUT2D eigenvalue weighted by Gasteiger charge is 2.22. The zero-order valence-corrected chi connectivity index (χ0v) is 15.0. The van der Waals surface area contributed by atoms with Crippen LogP contribution in [0.15, 0.2) is 53.5 Å². The summed E-state index contributed by atoms with van der Waals surface area (Å²) in [6.45, 7) is 3.72. The molecule has 0 saturated carbocycles. The molecular weight excluding hydrogens is 331 g/mol. The molecule has 3 rings (SSSR count). The van der Waals surface area contributed by atoms with Crippen molar-refractivity contribution in [2.45, 2.75) is 45.3 Å². The number of amides is 1. The first-order valence-corrected chi connectivity index (χ1v) is 8.92. The SMILES string of the molecule is CC(C)OC(=NC1CCCc2ccccc21)NC(=O)c1ccccc1F. The first-order valence-electron chi connectivity index (χ1n) is 8.92. The van der Waals surface area contributed by atoms with Crippen LogP contribution < -0.4 is 5.32 Å². The molecule has 1 unspecified atom stereocenters. The van der Waals surface area contributed by atoms with Crippen molar-refractivity contribution in [2.24, 2.45) is 4.99 Å². The molecule has 5 heteroatoms. The van der Waals surface area contributed by atoms with Crippen LogP contribution in [0.5, 0.6) is 0 Å². The standard InChI is InChI=1S/C21H23FN2O2/c1-14(2)26-21(24-20(25)17-11-5-6-12-18(17)22)23-19-13-7-9-15-8-3-4-10-16(15)19/h3-6,8,10-12,14,19H,7,9,13H2,1-2H3,(H,23,24,25). The third kappa shape index (κ3) is 4.28. The molecule has 1 aliphatic rings. The molecule has 4 nitrogen and oxygen atoms in total. The van der Waals surface area contributed by atoms with Gasteiger partial charge in [0, 0.05) is 0 Å². The van der Waals surface area contributed by atoms with Gasteiger partial charge in [0.2, 0.25) is 0 Å². The van der Waals surface area contributed by atoms with Crippen molar-refractivity contribution in [3.63, 3.8) is 0 Å². The predicted molar refractivity (Wildman–Crippen MR) is 99.6 cm³/mol. The summed E-state index contributed by atoms with van der Waals surface area (Å²) in [7, 11) is 0. The lowest BCUT2D eigenvalue weighted by Crippen LogP contribution is -2.35. The average Bonchev–Trinajstić information content (AvgIpc) is 2.62. The number of carbonyl (C=O) groups is 1. The summed E-state index contributed by atoms with van der Waals surface area (Å²) in [6, 6.07) is 14.1. The number of carbonyl (C=O) groups excluding carboxylic acids is 1. The van der Waals surface area contributed by atoms with Gasteiger partial charge in [0.15, 0.2) is 0 Å². The lowest BCUT2D eigenvalue weighted by atomic mass is 9.88. The second-order valence-electron chi connectivity index (χ2n) is 6.64. The molecule has 0 spiro atoms. The van der Waals surface area contributed by atoms with Crippen LogP contribution in [-0.2, 0) is 11.2 Å². The maximum absolute atomic E-state index is 13.9. The number of halogens is 1. The molecule has 0 saturated heterocycles. The maximum Gasteiger partial charge on any atom is 0.292 e. The van der Waals surface area contributed by atoms with Gasteiger partial charge < -0.3 is 4.74 Å². The van der Waals surface area contributed by atoms with Crippen LogP contribution in [0.1, 0.15) is 54.2 Å². The number of aliphatic imine (C=N–C) groups is 1. The molecule has 2 aromatic rings. The van der Waals surface area contributed by atoms with Crippen molar-refractivity contribution in [1.29, 1.82) is 0 Å². The van der Waals surface area contributed by atoms with E-state index in [-0.39, 0.29) is 23.7 Å². The van der Waals surface area contributed by atoms with Gasteiger partial charge in [0.05, 0.1) is 17.7 Å². The minimum atomic E-state index is -0.572. The van der Waals surface area contributed by atoms with Crippen molar-refractivity contribution in [2.75, 3.05) is 0 Å². The van der Waals surface area contributed by atoms with Gasteiger partial charge in [-0.25, -0.2) is 9.38 Å². The fourth-order valence-electron chi connectivity index (χ4n) is 3.13. The van der Waals surface area contributed by atoms with E-state index in [0.29, 0.717) is 0 Å². The number of fused-ring (bicyclic) bond motifs is 1. The van der Waals surface area contributed by atoms with E-state index in [1.54, 1.807) is 12.1 Å². The summed E-state index contributed by atoms with van der Waals surface area (Å²) in [5.41, 5.74) is 2.40. The quantitative estimate of drug-likeness (QED) is 0.655. The monoisotopic (exact) mass is 354 g/mol. The van der Waals surface area contributed by atoms with Gasteiger partial charge >= 0.3 is 0 Å². The Morgan fingerprint density at radius 2 is 1.92 bits per heavy atom. The highest BCUT2D eigenvalue weighted by atomic mass is 19.1. The van der Waals surface area contributed by atoms with Crippen LogP contribution in [0.2, 0.25) is 0 Å². The van der Waals surface area contributed by atoms with E-state index in [0.717, 1.165) is 24.8 Å². The molecule has 1 amide bonds. The molecule has 1 atom stereocenters. The molecule has 0 heterocycles. The molecule has 26 heavy (non-hydrogen) atoms. The van der Waals surface area contributed by atoms with E-state index >= 15 is 0 Å². The number of aryl methyl sites for hydroxylation is 1. The van der Waals surface area contributed by atoms with E-state index < -0.39 is 11.7 Å². The van der Waals surface area contributed by atoms with E-state index in [1.807, 2.05) is 26.0 Å². The van der Waals surface area contributed by atoms with E-state index in [9.17, 15) is 9.18 Å². The Bertz CT molecular complexity index is 817. The lowest BCUT2D eigenvalue weighted by Gasteiger charge is -2.23. The molecule has 136 valence electrons. The summed E-state index contributed by atoms with van der Waals surface area (Å²) < 4.78 is 19.6. The molecule has 1 aliphatic carbocycles. The maximum atomic E-state index is 13.9. The summed E-state index contributed by atoms with van der Waals surface area (Å²) in [6.07, 6.45) is 2.79. The van der Waals surface area contributed by atoms with Crippen molar-refractivity contribution in [1.82, 2.24) is 5.32 Å². The predicted octanol–water partition coefficient (Wildman–Crippen LogP) is 4.41. The third-order valence-corrected chi connectivity index (χ3v) is 4.30. The van der Waals surface area contributed by atoms with Crippen molar-refractivity contribution >= 4 is 11.9 Å². The van der Waals surface area contributed by atoms with Gasteiger partial charge in [0.1, 0.15) is 5.82 Å². The fourth-order valence-corrected chi connectivity index (χ4v) is 3.13.